The van der Waals surface area contributed by atoms with Crippen LogP contribution in [0.15, 0.2) is 41.2 Å². The van der Waals surface area contributed by atoms with Crippen molar-refractivity contribution in [3.05, 3.63) is 36.5 Å². The Kier molecular flexibility index (Phi) is 5.05. The summed E-state index contributed by atoms with van der Waals surface area (Å²) < 4.78 is 12.5. The second-order valence-corrected chi connectivity index (χ2v) is 6.96. The summed E-state index contributed by atoms with van der Waals surface area (Å²) in [5.74, 6) is 1.48. The summed E-state index contributed by atoms with van der Waals surface area (Å²) >= 11 is 0. The zero-order valence-electron chi connectivity index (χ0n) is 16.8. The lowest BCUT2D eigenvalue weighted by Gasteiger charge is -2.10. The summed E-state index contributed by atoms with van der Waals surface area (Å²) in [6, 6.07) is 8.94. The molecule has 3 aromatic heterocycles. The fourth-order valence-corrected chi connectivity index (χ4v) is 2.96. The van der Waals surface area contributed by atoms with E-state index >= 15 is 0 Å². The van der Waals surface area contributed by atoms with E-state index in [-0.39, 0.29) is 17.6 Å². The first-order chi connectivity index (χ1) is 14.5. The smallest absolute Gasteiger partial charge is 0.226 e. The van der Waals surface area contributed by atoms with Gasteiger partial charge in [-0.05, 0) is 29.4 Å². The van der Waals surface area contributed by atoms with Gasteiger partial charge in [0.15, 0.2) is 17.3 Å². The van der Waals surface area contributed by atoms with Gasteiger partial charge in [-0.2, -0.15) is 0 Å². The van der Waals surface area contributed by atoms with Gasteiger partial charge >= 0.3 is 0 Å². The predicted molar refractivity (Wildman–Crippen MR) is 111 cm³/mol. The van der Waals surface area contributed by atoms with Gasteiger partial charge in [0.25, 0.3) is 0 Å². The van der Waals surface area contributed by atoms with Gasteiger partial charge in [0.1, 0.15) is 11.3 Å². The van der Waals surface area contributed by atoms with Crippen LogP contribution in [0, 0.1) is 5.92 Å². The van der Waals surface area contributed by atoms with E-state index < -0.39 is 0 Å². The van der Waals surface area contributed by atoms with Crippen LogP contribution in [0.2, 0.25) is 0 Å². The lowest BCUT2D eigenvalue weighted by atomic mass is 10.2. The molecule has 10 heteroatoms. The lowest BCUT2D eigenvalue weighted by molar-refractivity contribution is -0.118. The van der Waals surface area contributed by atoms with Crippen LogP contribution in [0.25, 0.3) is 22.6 Å². The quantitative estimate of drug-likeness (QED) is 0.496. The highest BCUT2D eigenvalue weighted by molar-refractivity contribution is 5.92. The van der Waals surface area contributed by atoms with Crippen LogP contribution in [0.3, 0.4) is 0 Å². The SMILES string of the molecule is CCn1c(-c2nonc2N)nc2cnc(Oc3cccc(NC(=O)C(C)C)c3)cc21. The first-order valence-corrected chi connectivity index (χ1v) is 9.49. The molecule has 3 N–H and O–H groups in total. The van der Waals surface area contributed by atoms with Crippen molar-refractivity contribution in [3.8, 4) is 23.1 Å². The van der Waals surface area contributed by atoms with Gasteiger partial charge in [-0.25, -0.2) is 14.6 Å². The standard InChI is InChI=1S/C20H21N7O3/c1-4-27-15-9-16(22-10-14(15)24-19(27)17-18(21)26-30-25-17)29-13-7-5-6-12(8-13)23-20(28)11(2)3/h5-11H,4H2,1-3H3,(H2,21,26)(H,23,28). The van der Waals surface area contributed by atoms with Crippen molar-refractivity contribution in [2.45, 2.75) is 27.3 Å². The molecule has 0 unspecified atom stereocenters. The second kappa shape index (κ2) is 7.82. The van der Waals surface area contributed by atoms with E-state index in [4.69, 9.17) is 15.1 Å². The number of hydrogen-bond donors (Lipinski definition) is 2. The summed E-state index contributed by atoms with van der Waals surface area (Å²) in [7, 11) is 0. The number of benzene rings is 1. The topological polar surface area (TPSA) is 134 Å². The van der Waals surface area contributed by atoms with Crippen LogP contribution in [0.4, 0.5) is 11.5 Å². The summed E-state index contributed by atoms with van der Waals surface area (Å²) in [5, 5.41) is 10.3. The third-order valence-corrected chi connectivity index (χ3v) is 4.50. The van der Waals surface area contributed by atoms with E-state index in [2.05, 4.69) is 25.6 Å². The number of nitrogen functional groups attached to an aromatic ring is 1. The molecular weight excluding hydrogens is 386 g/mol. The lowest BCUT2D eigenvalue weighted by Crippen LogP contribution is -2.17. The number of rotatable bonds is 6. The molecule has 0 atom stereocenters. The number of carbonyl (C=O) groups excluding carboxylic acids is 1. The maximum atomic E-state index is 11.9. The van der Waals surface area contributed by atoms with Gasteiger partial charge in [0.05, 0.1) is 11.7 Å². The van der Waals surface area contributed by atoms with E-state index in [0.717, 1.165) is 5.52 Å². The van der Waals surface area contributed by atoms with Crippen molar-refractivity contribution >= 4 is 28.4 Å². The molecule has 154 valence electrons. The molecule has 1 aromatic carbocycles. The number of fused-ring (bicyclic) bond motifs is 1. The van der Waals surface area contributed by atoms with Crippen LogP contribution in [-0.4, -0.2) is 30.8 Å². The highest BCUT2D eigenvalue weighted by Gasteiger charge is 2.19. The Morgan fingerprint density at radius 2 is 2.13 bits per heavy atom. The molecule has 0 saturated heterocycles. The fourth-order valence-electron chi connectivity index (χ4n) is 2.96. The Bertz CT molecular complexity index is 1210. The number of pyridine rings is 1. The molecule has 0 aliphatic carbocycles. The molecule has 0 fully saturated rings. The minimum Gasteiger partial charge on any atom is -0.439 e. The number of aromatic nitrogens is 5. The summed E-state index contributed by atoms with van der Waals surface area (Å²) in [6.45, 7) is 6.28. The first kappa shape index (κ1) is 19.4. The summed E-state index contributed by atoms with van der Waals surface area (Å²) in [4.78, 5) is 20.8. The number of amides is 1. The van der Waals surface area contributed by atoms with Gasteiger partial charge in [0.2, 0.25) is 11.8 Å². The van der Waals surface area contributed by atoms with Crippen molar-refractivity contribution in [1.29, 1.82) is 0 Å². The monoisotopic (exact) mass is 407 g/mol. The maximum absolute atomic E-state index is 11.9. The van der Waals surface area contributed by atoms with E-state index in [1.165, 1.54) is 0 Å². The van der Waals surface area contributed by atoms with Crippen molar-refractivity contribution in [2.75, 3.05) is 11.1 Å². The van der Waals surface area contributed by atoms with Gasteiger partial charge in [-0.15, -0.1) is 0 Å². The summed E-state index contributed by atoms with van der Waals surface area (Å²) in [6.07, 6.45) is 1.62. The Morgan fingerprint density at radius 3 is 2.83 bits per heavy atom. The van der Waals surface area contributed by atoms with Crippen molar-refractivity contribution < 1.29 is 14.2 Å². The molecule has 0 radical (unpaired) electrons. The number of nitrogens with one attached hydrogen (secondary N) is 1. The van der Waals surface area contributed by atoms with Crippen molar-refractivity contribution in [1.82, 2.24) is 24.8 Å². The molecule has 0 aliphatic rings. The van der Waals surface area contributed by atoms with Gasteiger partial charge in [-0.3, -0.25) is 4.79 Å². The average Bonchev–Trinajstić information content (AvgIpc) is 3.30. The number of anilines is 2. The molecule has 10 nitrogen and oxygen atoms in total. The Balaban J connectivity index is 1.65. The minimum atomic E-state index is -0.115. The van der Waals surface area contributed by atoms with E-state index in [0.29, 0.717) is 40.9 Å². The van der Waals surface area contributed by atoms with E-state index in [1.54, 1.807) is 36.5 Å². The Morgan fingerprint density at radius 1 is 1.30 bits per heavy atom. The predicted octanol–water partition coefficient (Wildman–Crippen LogP) is 3.47. The number of hydrogen-bond acceptors (Lipinski definition) is 8. The van der Waals surface area contributed by atoms with Crippen LogP contribution in [-0.2, 0) is 11.3 Å². The number of imidazole rings is 1. The van der Waals surface area contributed by atoms with Gasteiger partial charge in [-0.1, -0.05) is 19.9 Å². The van der Waals surface area contributed by atoms with Crippen LogP contribution in [0.5, 0.6) is 11.6 Å². The number of aryl methyl sites for hydroxylation is 1. The Hall–Kier alpha value is -3.95. The molecule has 0 bridgehead atoms. The second-order valence-electron chi connectivity index (χ2n) is 6.96. The molecule has 0 spiro atoms. The van der Waals surface area contributed by atoms with Crippen LogP contribution in [0.1, 0.15) is 20.8 Å². The largest absolute Gasteiger partial charge is 0.439 e. The summed E-state index contributed by atoms with van der Waals surface area (Å²) in [5.41, 5.74) is 8.34. The van der Waals surface area contributed by atoms with Gasteiger partial charge in [0, 0.05) is 30.3 Å². The van der Waals surface area contributed by atoms with Crippen molar-refractivity contribution in [2.24, 2.45) is 5.92 Å². The van der Waals surface area contributed by atoms with E-state index in [9.17, 15) is 4.79 Å². The molecule has 30 heavy (non-hydrogen) atoms. The minimum absolute atomic E-state index is 0.0623. The first-order valence-electron chi connectivity index (χ1n) is 9.49. The molecule has 4 aromatic rings. The molecule has 0 saturated carbocycles. The zero-order valence-corrected chi connectivity index (χ0v) is 16.8. The van der Waals surface area contributed by atoms with E-state index in [1.807, 2.05) is 25.3 Å². The van der Waals surface area contributed by atoms with Crippen LogP contribution >= 0.6 is 0 Å². The number of nitrogens with zero attached hydrogens (tertiary/aromatic N) is 5. The van der Waals surface area contributed by atoms with Crippen molar-refractivity contribution in [3.63, 3.8) is 0 Å². The number of carbonyl (C=O) groups is 1. The van der Waals surface area contributed by atoms with Gasteiger partial charge < -0.3 is 20.4 Å². The fraction of sp³-hybridized carbons (Fsp3) is 0.250. The Labute approximate surface area is 172 Å². The van der Waals surface area contributed by atoms with Crippen LogP contribution < -0.4 is 15.8 Å². The maximum Gasteiger partial charge on any atom is 0.226 e. The molecule has 4 rings (SSSR count). The highest BCUT2D eigenvalue weighted by Crippen LogP contribution is 2.29. The number of ether oxygens (including phenoxy) is 1. The molecule has 0 aliphatic heterocycles. The highest BCUT2D eigenvalue weighted by atomic mass is 16.6. The molecular formula is C20H21N7O3. The third-order valence-electron chi connectivity index (χ3n) is 4.50. The average molecular weight is 407 g/mol. The molecule has 1 amide bonds. The zero-order chi connectivity index (χ0) is 21.3. The molecule has 3 heterocycles. The normalized spacial score (nSPS) is 11.2. The third kappa shape index (κ3) is 3.66. The number of nitrogens with two attached hydrogens (primary N) is 1.